The lowest BCUT2D eigenvalue weighted by atomic mass is 10.1. The summed E-state index contributed by atoms with van der Waals surface area (Å²) in [6.07, 6.45) is 0. The summed E-state index contributed by atoms with van der Waals surface area (Å²) >= 11 is 1.61. The third kappa shape index (κ3) is 3.23. The SMILES string of the molecule is Cc1cccc(C(=O)CSc2ccccc2C)c1. The number of ketones is 1. The van der Waals surface area contributed by atoms with Gasteiger partial charge in [-0.25, -0.2) is 0 Å². The molecule has 0 spiro atoms. The highest BCUT2D eigenvalue weighted by Crippen LogP contribution is 2.22. The van der Waals surface area contributed by atoms with Crippen molar-refractivity contribution < 1.29 is 4.79 Å². The average Bonchev–Trinajstić information content (AvgIpc) is 2.37. The van der Waals surface area contributed by atoms with Crippen LogP contribution in [-0.4, -0.2) is 11.5 Å². The largest absolute Gasteiger partial charge is 0.293 e. The standard InChI is InChI=1S/C16H16OS/c1-12-6-5-8-14(10-12)15(17)11-18-16-9-4-3-7-13(16)2/h3-10H,11H2,1-2H3. The van der Waals surface area contributed by atoms with Gasteiger partial charge in [0.05, 0.1) is 5.75 Å². The van der Waals surface area contributed by atoms with Crippen LogP contribution in [0.25, 0.3) is 0 Å². The van der Waals surface area contributed by atoms with E-state index in [0.29, 0.717) is 5.75 Å². The summed E-state index contributed by atoms with van der Waals surface area (Å²) in [5.41, 5.74) is 3.15. The maximum Gasteiger partial charge on any atom is 0.173 e. The highest BCUT2D eigenvalue weighted by Gasteiger charge is 2.07. The van der Waals surface area contributed by atoms with Crippen molar-refractivity contribution >= 4 is 17.5 Å². The van der Waals surface area contributed by atoms with Gasteiger partial charge in [-0.3, -0.25) is 4.79 Å². The minimum absolute atomic E-state index is 0.187. The lowest BCUT2D eigenvalue weighted by Crippen LogP contribution is -2.02. The van der Waals surface area contributed by atoms with E-state index in [1.165, 1.54) is 10.5 Å². The first kappa shape index (κ1) is 12.9. The zero-order chi connectivity index (χ0) is 13.0. The van der Waals surface area contributed by atoms with Gasteiger partial charge in [0.2, 0.25) is 0 Å². The number of hydrogen-bond donors (Lipinski definition) is 0. The summed E-state index contributed by atoms with van der Waals surface area (Å²) in [4.78, 5) is 13.2. The van der Waals surface area contributed by atoms with E-state index in [-0.39, 0.29) is 5.78 Å². The van der Waals surface area contributed by atoms with Crippen LogP contribution in [-0.2, 0) is 0 Å². The quantitative estimate of drug-likeness (QED) is 0.600. The van der Waals surface area contributed by atoms with Crippen molar-refractivity contribution in [1.82, 2.24) is 0 Å². The van der Waals surface area contributed by atoms with Gasteiger partial charge in [0.15, 0.2) is 5.78 Å². The Kier molecular flexibility index (Phi) is 4.21. The number of aryl methyl sites for hydroxylation is 2. The number of Topliss-reactive ketones (excluding diaryl/α,β-unsaturated/α-hetero) is 1. The molecule has 0 aliphatic carbocycles. The summed E-state index contributed by atoms with van der Waals surface area (Å²) < 4.78 is 0. The monoisotopic (exact) mass is 256 g/mol. The fourth-order valence-electron chi connectivity index (χ4n) is 1.76. The fraction of sp³-hybridized carbons (Fsp3) is 0.188. The van der Waals surface area contributed by atoms with E-state index in [1.54, 1.807) is 11.8 Å². The van der Waals surface area contributed by atoms with Crippen molar-refractivity contribution in [2.24, 2.45) is 0 Å². The van der Waals surface area contributed by atoms with E-state index >= 15 is 0 Å². The van der Waals surface area contributed by atoms with Crippen molar-refractivity contribution in [3.63, 3.8) is 0 Å². The molecule has 2 rings (SSSR count). The first-order valence-corrected chi connectivity index (χ1v) is 6.93. The topological polar surface area (TPSA) is 17.1 Å². The second kappa shape index (κ2) is 5.87. The molecule has 2 aromatic carbocycles. The first-order valence-electron chi connectivity index (χ1n) is 5.95. The second-order valence-electron chi connectivity index (χ2n) is 4.35. The Morgan fingerprint density at radius 3 is 2.56 bits per heavy atom. The molecule has 18 heavy (non-hydrogen) atoms. The zero-order valence-electron chi connectivity index (χ0n) is 10.6. The molecule has 0 N–H and O–H groups in total. The molecule has 0 aromatic heterocycles. The normalized spacial score (nSPS) is 10.3. The summed E-state index contributed by atoms with van der Waals surface area (Å²) in [6.45, 7) is 4.07. The van der Waals surface area contributed by atoms with Crippen LogP contribution in [0.3, 0.4) is 0 Å². The van der Waals surface area contributed by atoms with Crippen LogP contribution < -0.4 is 0 Å². The Hall–Kier alpha value is -1.54. The van der Waals surface area contributed by atoms with Crippen LogP contribution in [0.15, 0.2) is 53.4 Å². The predicted octanol–water partition coefficient (Wildman–Crippen LogP) is 4.28. The molecule has 0 bridgehead atoms. The summed E-state index contributed by atoms with van der Waals surface area (Å²) in [5, 5.41) is 0. The van der Waals surface area contributed by atoms with E-state index in [1.807, 2.05) is 43.3 Å². The summed E-state index contributed by atoms with van der Waals surface area (Å²) in [6, 6.07) is 15.9. The van der Waals surface area contributed by atoms with Gasteiger partial charge in [0, 0.05) is 10.5 Å². The van der Waals surface area contributed by atoms with Gasteiger partial charge in [-0.1, -0.05) is 42.0 Å². The van der Waals surface area contributed by atoms with Crippen LogP contribution in [0.1, 0.15) is 21.5 Å². The van der Waals surface area contributed by atoms with Gasteiger partial charge < -0.3 is 0 Å². The van der Waals surface area contributed by atoms with Crippen molar-refractivity contribution in [2.45, 2.75) is 18.7 Å². The Balaban J connectivity index is 2.03. The molecular weight excluding hydrogens is 240 g/mol. The number of carbonyl (C=O) groups excluding carboxylic acids is 1. The molecule has 0 saturated carbocycles. The maximum atomic E-state index is 12.1. The Morgan fingerprint density at radius 2 is 1.83 bits per heavy atom. The average molecular weight is 256 g/mol. The second-order valence-corrected chi connectivity index (χ2v) is 5.36. The number of carbonyl (C=O) groups is 1. The molecule has 2 aromatic rings. The molecule has 1 nitrogen and oxygen atoms in total. The molecule has 0 saturated heterocycles. The smallest absolute Gasteiger partial charge is 0.173 e. The van der Waals surface area contributed by atoms with Gasteiger partial charge >= 0.3 is 0 Å². The van der Waals surface area contributed by atoms with E-state index in [4.69, 9.17) is 0 Å². The third-order valence-corrected chi connectivity index (χ3v) is 3.97. The number of hydrogen-bond acceptors (Lipinski definition) is 2. The van der Waals surface area contributed by atoms with E-state index in [9.17, 15) is 4.79 Å². The van der Waals surface area contributed by atoms with Crippen LogP contribution in [0.4, 0.5) is 0 Å². The van der Waals surface area contributed by atoms with Gasteiger partial charge in [-0.2, -0.15) is 0 Å². The molecule has 0 amide bonds. The lowest BCUT2D eigenvalue weighted by molar-refractivity contribution is 0.102. The first-order chi connectivity index (χ1) is 8.66. The summed E-state index contributed by atoms with van der Waals surface area (Å²) in [7, 11) is 0. The molecular formula is C16H16OS. The molecule has 0 heterocycles. The molecule has 0 aliphatic rings. The molecule has 0 atom stereocenters. The Bertz CT molecular complexity index is 561. The molecule has 2 heteroatoms. The van der Waals surface area contributed by atoms with E-state index < -0.39 is 0 Å². The number of benzene rings is 2. The molecule has 92 valence electrons. The third-order valence-electron chi connectivity index (χ3n) is 2.79. The van der Waals surface area contributed by atoms with Crippen LogP contribution in [0.5, 0.6) is 0 Å². The lowest BCUT2D eigenvalue weighted by Gasteiger charge is -2.05. The van der Waals surface area contributed by atoms with Crippen molar-refractivity contribution in [3.05, 3.63) is 65.2 Å². The molecule has 0 aliphatic heterocycles. The minimum atomic E-state index is 0.187. The van der Waals surface area contributed by atoms with Gasteiger partial charge in [0.25, 0.3) is 0 Å². The van der Waals surface area contributed by atoms with Crippen molar-refractivity contribution in [3.8, 4) is 0 Å². The highest BCUT2D eigenvalue weighted by molar-refractivity contribution is 8.00. The van der Waals surface area contributed by atoms with Crippen molar-refractivity contribution in [2.75, 3.05) is 5.75 Å². The van der Waals surface area contributed by atoms with Gasteiger partial charge in [-0.05, 0) is 31.5 Å². The van der Waals surface area contributed by atoms with Gasteiger partial charge in [0.1, 0.15) is 0 Å². The maximum absolute atomic E-state index is 12.1. The number of thioether (sulfide) groups is 1. The Labute approximate surface area is 112 Å². The Morgan fingerprint density at radius 1 is 1.06 bits per heavy atom. The predicted molar refractivity (Wildman–Crippen MR) is 77.4 cm³/mol. The summed E-state index contributed by atoms with van der Waals surface area (Å²) in [5.74, 6) is 0.681. The van der Waals surface area contributed by atoms with E-state index in [2.05, 4.69) is 19.1 Å². The van der Waals surface area contributed by atoms with E-state index in [0.717, 1.165) is 11.1 Å². The molecule has 0 fully saturated rings. The zero-order valence-corrected chi connectivity index (χ0v) is 11.5. The van der Waals surface area contributed by atoms with Gasteiger partial charge in [-0.15, -0.1) is 11.8 Å². The van der Waals surface area contributed by atoms with Crippen LogP contribution >= 0.6 is 11.8 Å². The molecule has 0 radical (unpaired) electrons. The van der Waals surface area contributed by atoms with Crippen LogP contribution in [0.2, 0.25) is 0 Å². The minimum Gasteiger partial charge on any atom is -0.293 e. The highest BCUT2D eigenvalue weighted by atomic mass is 32.2. The van der Waals surface area contributed by atoms with Crippen LogP contribution in [0, 0.1) is 13.8 Å². The van der Waals surface area contributed by atoms with Crippen molar-refractivity contribution in [1.29, 1.82) is 0 Å². The fourth-order valence-corrected chi connectivity index (χ4v) is 2.69. The molecule has 0 unspecified atom stereocenters. The number of rotatable bonds is 4.